The second-order valence-electron chi connectivity index (χ2n) is 6.16. The average molecular weight is 292 g/mol. The Morgan fingerprint density at radius 2 is 2.14 bits per heavy atom. The van der Waals surface area contributed by atoms with Crippen molar-refractivity contribution in [3.8, 4) is 0 Å². The van der Waals surface area contributed by atoms with Gasteiger partial charge >= 0.3 is 0 Å². The van der Waals surface area contributed by atoms with Crippen molar-refractivity contribution in [1.82, 2.24) is 0 Å². The zero-order valence-corrected chi connectivity index (χ0v) is 12.8. The minimum absolute atomic E-state index is 0.101. The third-order valence-corrected chi connectivity index (χ3v) is 4.48. The van der Waals surface area contributed by atoms with E-state index in [4.69, 9.17) is 5.11 Å². The molecule has 0 radical (unpaired) electrons. The summed E-state index contributed by atoms with van der Waals surface area (Å²) in [6, 6.07) is 5.03. The molecule has 0 aromatic heterocycles. The van der Waals surface area contributed by atoms with E-state index in [1.165, 1.54) is 12.5 Å². The molecule has 1 fully saturated rings. The summed E-state index contributed by atoms with van der Waals surface area (Å²) in [7, 11) is 0. The first-order valence-electron chi connectivity index (χ1n) is 7.66. The molecule has 0 spiro atoms. The van der Waals surface area contributed by atoms with Crippen molar-refractivity contribution in [2.24, 2.45) is 11.8 Å². The topological polar surface area (TPSA) is 66.6 Å². The van der Waals surface area contributed by atoms with Crippen LogP contribution in [0.15, 0.2) is 18.2 Å². The van der Waals surface area contributed by atoms with E-state index in [0.717, 1.165) is 25.9 Å². The van der Waals surface area contributed by atoms with E-state index in [2.05, 4.69) is 18.7 Å². The van der Waals surface area contributed by atoms with Crippen molar-refractivity contribution in [2.75, 3.05) is 18.0 Å². The number of rotatable bonds is 4. The number of aliphatic hydroxyl groups excluding tert-OH is 1. The highest BCUT2D eigenvalue weighted by molar-refractivity contribution is 5.64. The van der Waals surface area contributed by atoms with Crippen LogP contribution in [0.5, 0.6) is 0 Å². The second-order valence-corrected chi connectivity index (χ2v) is 6.16. The molecule has 1 aromatic carbocycles. The first-order valence-corrected chi connectivity index (χ1v) is 7.66. The van der Waals surface area contributed by atoms with Crippen LogP contribution in [0.25, 0.3) is 0 Å². The van der Waals surface area contributed by atoms with E-state index in [9.17, 15) is 10.1 Å². The Labute approximate surface area is 125 Å². The quantitative estimate of drug-likeness (QED) is 0.682. The van der Waals surface area contributed by atoms with Gasteiger partial charge in [0, 0.05) is 19.2 Å². The normalized spacial score (nSPS) is 19.6. The first kappa shape index (κ1) is 15.8. The highest BCUT2D eigenvalue weighted by Crippen LogP contribution is 2.33. The number of aliphatic hydroxyl groups is 1. The van der Waals surface area contributed by atoms with Crippen LogP contribution >= 0.6 is 0 Å². The molecule has 1 aromatic rings. The lowest BCUT2D eigenvalue weighted by Crippen LogP contribution is -2.25. The fourth-order valence-corrected chi connectivity index (χ4v) is 3.11. The molecule has 1 N–H and O–H groups in total. The van der Waals surface area contributed by atoms with Gasteiger partial charge in [-0.2, -0.15) is 0 Å². The van der Waals surface area contributed by atoms with Crippen molar-refractivity contribution in [3.63, 3.8) is 0 Å². The van der Waals surface area contributed by atoms with Crippen molar-refractivity contribution in [1.29, 1.82) is 0 Å². The van der Waals surface area contributed by atoms with Crippen LogP contribution in [0, 0.1) is 22.0 Å². The van der Waals surface area contributed by atoms with Gasteiger partial charge in [-0.25, -0.2) is 0 Å². The molecule has 21 heavy (non-hydrogen) atoms. The largest absolute Gasteiger partial charge is 0.392 e. The summed E-state index contributed by atoms with van der Waals surface area (Å²) in [5, 5.41) is 20.4. The predicted octanol–water partition coefficient (Wildman–Crippen LogP) is 3.35. The minimum atomic E-state index is -0.348. The number of hydrogen-bond donors (Lipinski definition) is 1. The summed E-state index contributed by atoms with van der Waals surface area (Å²) in [6.45, 7) is 6.05. The number of benzene rings is 1. The summed E-state index contributed by atoms with van der Waals surface area (Å²) < 4.78 is 0. The maximum Gasteiger partial charge on any atom is 0.292 e. The summed E-state index contributed by atoms with van der Waals surface area (Å²) >= 11 is 0. The van der Waals surface area contributed by atoms with Gasteiger partial charge in [0.2, 0.25) is 0 Å². The Morgan fingerprint density at radius 3 is 2.76 bits per heavy atom. The Balaban J connectivity index is 2.23. The maximum atomic E-state index is 11.3. The summed E-state index contributed by atoms with van der Waals surface area (Å²) in [5.74, 6) is 1.36. The van der Waals surface area contributed by atoms with Crippen molar-refractivity contribution in [3.05, 3.63) is 33.9 Å². The highest BCUT2D eigenvalue weighted by atomic mass is 16.6. The molecule has 5 heteroatoms. The molecule has 0 aliphatic carbocycles. The van der Waals surface area contributed by atoms with Crippen molar-refractivity contribution < 1.29 is 10.0 Å². The summed E-state index contributed by atoms with van der Waals surface area (Å²) in [4.78, 5) is 13.1. The lowest BCUT2D eigenvalue weighted by molar-refractivity contribution is -0.384. The first-order chi connectivity index (χ1) is 10.0. The van der Waals surface area contributed by atoms with Crippen molar-refractivity contribution >= 4 is 11.4 Å². The van der Waals surface area contributed by atoms with E-state index >= 15 is 0 Å². The molecular formula is C16H24N2O3. The van der Waals surface area contributed by atoms with Gasteiger partial charge in [0.25, 0.3) is 5.69 Å². The van der Waals surface area contributed by atoms with Gasteiger partial charge in [-0.05, 0) is 42.7 Å². The Morgan fingerprint density at radius 1 is 1.38 bits per heavy atom. The number of anilines is 1. The fourth-order valence-electron chi connectivity index (χ4n) is 3.11. The van der Waals surface area contributed by atoms with Gasteiger partial charge in [0.1, 0.15) is 5.69 Å². The molecule has 116 valence electrons. The van der Waals surface area contributed by atoms with Crippen LogP contribution in [-0.2, 0) is 6.61 Å². The molecule has 2 rings (SSSR count). The molecule has 1 unspecified atom stereocenters. The van der Waals surface area contributed by atoms with Gasteiger partial charge in [-0.1, -0.05) is 19.9 Å². The van der Waals surface area contributed by atoms with E-state index in [1.54, 1.807) is 12.1 Å². The molecule has 0 saturated carbocycles. The second kappa shape index (κ2) is 6.89. The zero-order chi connectivity index (χ0) is 15.4. The van der Waals surface area contributed by atoms with Crippen LogP contribution in [0.1, 0.15) is 38.7 Å². The Bertz CT molecular complexity index is 502. The standard InChI is InChI=1S/C16H24N2O3/c1-12(2)14-4-3-8-17(9-7-14)15-6-5-13(11-19)10-16(15)18(20)21/h5-6,10,12,14,19H,3-4,7-9,11H2,1-2H3. The lowest BCUT2D eigenvalue weighted by Gasteiger charge is -2.23. The van der Waals surface area contributed by atoms with Crippen LogP contribution in [0.2, 0.25) is 0 Å². The van der Waals surface area contributed by atoms with E-state index < -0.39 is 0 Å². The number of nitro benzene ring substituents is 1. The molecule has 1 saturated heterocycles. The van der Waals surface area contributed by atoms with Crippen molar-refractivity contribution in [2.45, 2.75) is 39.7 Å². The predicted molar refractivity (Wildman–Crippen MR) is 83.4 cm³/mol. The third-order valence-electron chi connectivity index (χ3n) is 4.48. The molecule has 1 heterocycles. The number of nitro groups is 1. The minimum Gasteiger partial charge on any atom is -0.392 e. The van der Waals surface area contributed by atoms with Gasteiger partial charge in [0.05, 0.1) is 11.5 Å². The Hall–Kier alpha value is -1.62. The number of nitrogens with zero attached hydrogens (tertiary/aromatic N) is 2. The zero-order valence-electron chi connectivity index (χ0n) is 12.8. The molecule has 1 aliphatic heterocycles. The lowest BCUT2D eigenvalue weighted by atomic mass is 9.89. The van der Waals surface area contributed by atoms with Gasteiger partial charge in [-0.15, -0.1) is 0 Å². The fraction of sp³-hybridized carbons (Fsp3) is 0.625. The average Bonchev–Trinajstić information content (AvgIpc) is 2.72. The third kappa shape index (κ3) is 3.73. The molecular weight excluding hydrogens is 268 g/mol. The van der Waals surface area contributed by atoms with Gasteiger partial charge in [-0.3, -0.25) is 10.1 Å². The van der Waals surface area contributed by atoms with Crippen LogP contribution in [0.3, 0.4) is 0 Å². The number of hydrogen-bond acceptors (Lipinski definition) is 4. The van der Waals surface area contributed by atoms with Crippen LogP contribution < -0.4 is 4.90 Å². The van der Waals surface area contributed by atoms with E-state index in [1.807, 2.05) is 0 Å². The van der Waals surface area contributed by atoms with Crippen LogP contribution in [0.4, 0.5) is 11.4 Å². The highest BCUT2D eigenvalue weighted by Gasteiger charge is 2.24. The molecule has 5 nitrogen and oxygen atoms in total. The molecule has 1 aliphatic rings. The Kier molecular flexibility index (Phi) is 5.17. The maximum absolute atomic E-state index is 11.3. The van der Waals surface area contributed by atoms with E-state index in [0.29, 0.717) is 23.1 Å². The van der Waals surface area contributed by atoms with Gasteiger partial charge in [0.15, 0.2) is 0 Å². The smallest absolute Gasteiger partial charge is 0.292 e. The summed E-state index contributed by atoms with van der Waals surface area (Å²) in [5.41, 5.74) is 1.37. The van der Waals surface area contributed by atoms with Gasteiger partial charge < -0.3 is 10.0 Å². The van der Waals surface area contributed by atoms with Crippen LogP contribution in [-0.4, -0.2) is 23.1 Å². The summed E-state index contributed by atoms with van der Waals surface area (Å²) in [6.07, 6.45) is 3.34. The molecule has 0 amide bonds. The molecule has 1 atom stereocenters. The monoisotopic (exact) mass is 292 g/mol. The SMILES string of the molecule is CC(C)C1CCCN(c2ccc(CO)cc2[N+](=O)[O-])CC1. The van der Waals surface area contributed by atoms with E-state index in [-0.39, 0.29) is 17.2 Å². The molecule has 0 bridgehead atoms.